The Hall–Kier alpha value is -1.53. The fourth-order valence-electron chi connectivity index (χ4n) is 1.36. The van der Waals surface area contributed by atoms with Crippen molar-refractivity contribution in [2.24, 2.45) is 0 Å². The Balaban J connectivity index is 3.03. The lowest BCUT2D eigenvalue weighted by Gasteiger charge is -2.16. The highest BCUT2D eigenvalue weighted by Crippen LogP contribution is 2.25. The first kappa shape index (κ1) is 13.5. The maximum absolute atomic E-state index is 13.1. The lowest BCUT2D eigenvalue weighted by molar-refractivity contribution is -0.387. The number of hydrogen-bond donors (Lipinski definition) is 0. The van der Waals surface area contributed by atoms with Gasteiger partial charge in [0.2, 0.25) is 5.82 Å². The van der Waals surface area contributed by atoms with Crippen LogP contribution in [0, 0.1) is 15.9 Å². The third-order valence-electron chi connectivity index (χ3n) is 2.08. The highest BCUT2D eigenvalue weighted by molar-refractivity contribution is 5.36. The molecule has 0 saturated heterocycles. The largest absolute Gasteiger partial charge is 0.349 e. The molecule has 0 aliphatic carbocycles. The highest BCUT2D eigenvalue weighted by Gasteiger charge is 2.19. The Kier molecular flexibility index (Phi) is 4.99. The summed E-state index contributed by atoms with van der Waals surface area (Å²) in [6.45, 7) is 4.36. The summed E-state index contributed by atoms with van der Waals surface area (Å²) in [5.74, 6) is -0.870. The third kappa shape index (κ3) is 3.47. The Morgan fingerprint density at radius 3 is 2.41 bits per heavy atom. The molecule has 0 heterocycles. The van der Waals surface area contributed by atoms with E-state index in [1.807, 2.05) is 0 Å². The minimum Gasteiger partial charge on any atom is -0.349 e. The van der Waals surface area contributed by atoms with Gasteiger partial charge in [0.05, 0.1) is 4.92 Å². The molecule has 1 aromatic rings. The standard InChI is InChI=1S/C11H14FNO4/c1-3-16-11(17-4-2)8-5-6-9(12)10(7-8)13(14)15/h5-7,11H,3-4H2,1-2H3. The van der Waals surface area contributed by atoms with Gasteiger partial charge < -0.3 is 9.47 Å². The van der Waals surface area contributed by atoms with E-state index in [1.54, 1.807) is 13.8 Å². The van der Waals surface area contributed by atoms with E-state index >= 15 is 0 Å². The van der Waals surface area contributed by atoms with Crippen molar-refractivity contribution in [1.29, 1.82) is 0 Å². The number of ether oxygens (including phenoxy) is 2. The Morgan fingerprint density at radius 2 is 1.94 bits per heavy atom. The summed E-state index contributed by atoms with van der Waals surface area (Å²) >= 11 is 0. The second-order valence-electron chi connectivity index (χ2n) is 3.21. The number of benzene rings is 1. The minimum atomic E-state index is -0.870. The van der Waals surface area contributed by atoms with Gasteiger partial charge in [-0.15, -0.1) is 0 Å². The molecule has 6 heteroatoms. The molecule has 0 N–H and O–H groups in total. The Bertz CT molecular complexity index is 391. The van der Waals surface area contributed by atoms with Crippen molar-refractivity contribution in [1.82, 2.24) is 0 Å². The van der Waals surface area contributed by atoms with E-state index in [2.05, 4.69) is 0 Å². The lowest BCUT2D eigenvalue weighted by Crippen LogP contribution is -2.09. The molecule has 0 aliphatic rings. The van der Waals surface area contributed by atoms with Gasteiger partial charge in [-0.1, -0.05) is 6.07 Å². The SMILES string of the molecule is CCOC(OCC)c1ccc(F)c([N+](=O)[O-])c1. The summed E-state index contributed by atoms with van der Waals surface area (Å²) < 4.78 is 23.7. The molecule has 0 bridgehead atoms. The van der Waals surface area contributed by atoms with Crippen LogP contribution < -0.4 is 0 Å². The molecule has 1 aromatic carbocycles. The van der Waals surface area contributed by atoms with Gasteiger partial charge in [0.1, 0.15) is 0 Å². The molecule has 94 valence electrons. The summed E-state index contributed by atoms with van der Waals surface area (Å²) in [6.07, 6.45) is -0.704. The minimum absolute atomic E-state index is 0.399. The maximum atomic E-state index is 13.1. The first-order valence-corrected chi connectivity index (χ1v) is 5.27. The normalized spacial score (nSPS) is 10.8. The van der Waals surface area contributed by atoms with Crippen molar-refractivity contribution in [2.45, 2.75) is 20.1 Å². The Morgan fingerprint density at radius 1 is 1.35 bits per heavy atom. The van der Waals surface area contributed by atoms with Crippen LogP contribution in [0.15, 0.2) is 18.2 Å². The third-order valence-corrected chi connectivity index (χ3v) is 2.08. The van der Waals surface area contributed by atoms with Gasteiger partial charge >= 0.3 is 5.69 Å². The number of rotatable bonds is 6. The van der Waals surface area contributed by atoms with Crippen LogP contribution in [0.4, 0.5) is 10.1 Å². The number of nitro benzene ring substituents is 1. The second-order valence-corrected chi connectivity index (χ2v) is 3.21. The van der Waals surface area contributed by atoms with Gasteiger partial charge in [-0.05, 0) is 19.9 Å². The molecule has 0 aromatic heterocycles. The van der Waals surface area contributed by atoms with Crippen molar-refractivity contribution in [3.05, 3.63) is 39.7 Å². The molecule has 0 atom stereocenters. The van der Waals surface area contributed by atoms with E-state index in [-0.39, 0.29) is 0 Å². The molecule has 1 rings (SSSR count). The molecule has 0 saturated carbocycles. The van der Waals surface area contributed by atoms with E-state index in [4.69, 9.17) is 9.47 Å². The van der Waals surface area contributed by atoms with Crippen molar-refractivity contribution in [2.75, 3.05) is 13.2 Å². The monoisotopic (exact) mass is 243 g/mol. The maximum Gasteiger partial charge on any atom is 0.305 e. The molecule has 0 amide bonds. The van der Waals surface area contributed by atoms with E-state index in [0.717, 1.165) is 12.1 Å². The smallest absolute Gasteiger partial charge is 0.305 e. The van der Waals surface area contributed by atoms with Crippen LogP contribution in [0.2, 0.25) is 0 Å². The zero-order chi connectivity index (χ0) is 12.8. The molecule has 0 aliphatic heterocycles. The van der Waals surface area contributed by atoms with Crippen molar-refractivity contribution in [3.63, 3.8) is 0 Å². The average Bonchev–Trinajstić information content (AvgIpc) is 2.29. The van der Waals surface area contributed by atoms with Gasteiger partial charge in [0, 0.05) is 24.8 Å². The summed E-state index contributed by atoms with van der Waals surface area (Å²) in [4.78, 5) is 9.83. The fraction of sp³-hybridized carbons (Fsp3) is 0.455. The molecule has 0 radical (unpaired) electrons. The summed E-state index contributed by atoms with van der Waals surface area (Å²) in [5, 5.41) is 10.6. The van der Waals surface area contributed by atoms with Crippen LogP contribution in [-0.2, 0) is 9.47 Å². The van der Waals surface area contributed by atoms with Gasteiger partial charge in [-0.3, -0.25) is 10.1 Å². The summed E-state index contributed by atoms with van der Waals surface area (Å²) in [7, 11) is 0. The van der Waals surface area contributed by atoms with Crippen LogP contribution in [0.25, 0.3) is 0 Å². The van der Waals surface area contributed by atoms with Crippen molar-refractivity contribution in [3.8, 4) is 0 Å². The van der Waals surface area contributed by atoms with Crippen LogP contribution in [0.1, 0.15) is 25.7 Å². The molecular formula is C11H14FNO4. The van der Waals surface area contributed by atoms with Crippen molar-refractivity contribution >= 4 is 5.69 Å². The number of hydrogen-bond acceptors (Lipinski definition) is 4. The topological polar surface area (TPSA) is 61.6 Å². The number of nitro groups is 1. The van der Waals surface area contributed by atoms with Gasteiger partial charge in [0.25, 0.3) is 0 Å². The van der Waals surface area contributed by atoms with Crippen LogP contribution in [0.3, 0.4) is 0 Å². The van der Waals surface area contributed by atoms with Crippen LogP contribution in [0.5, 0.6) is 0 Å². The summed E-state index contributed by atoms with van der Waals surface area (Å²) in [5.41, 5.74) is -0.145. The van der Waals surface area contributed by atoms with Gasteiger partial charge in [-0.25, -0.2) is 0 Å². The molecular weight excluding hydrogens is 229 g/mol. The van der Waals surface area contributed by atoms with Crippen molar-refractivity contribution < 1.29 is 18.8 Å². The first-order valence-electron chi connectivity index (χ1n) is 5.27. The van der Waals surface area contributed by atoms with Crippen LogP contribution in [-0.4, -0.2) is 18.1 Å². The van der Waals surface area contributed by atoms with Gasteiger partial charge in [-0.2, -0.15) is 4.39 Å². The molecule has 5 nitrogen and oxygen atoms in total. The zero-order valence-electron chi connectivity index (χ0n) is 9.68. The van der Waals surface area contributed by atoms with E-state index < -0.39 is 22.7 Å². The lowest BCUT2D eigenvalue weighted by atomic mass is 10.2. The zero-order valence-corrected chi connectivity index (χ0v) is 9.68. The fourth-order valence-corrected chi connectivity index (χ4v) is 1.36. The molecule has 0 unspecified atom stereocenters. The van der Waals surface area contributed by atoms with E-state index in [0.29, 0.717) is 18.8 Å². The first-order chi connectivity index (χ1) is 8.10. The highest BCUT2D eigenvalue weighted by atomic mass is 19.1. The molecule has 0 fully saturated rings. The Labute approximate surface area is 98.3 Å². The van der Waals surface area contributed by atoms with E-state index in [1.165, 1.54) is 6.07 Å². The summed E-state index contributed by atoms with van der Waals surface area (Å²) in [6, 6.07) is 3.59. The van der Waals surface area contributed by atoms with E-state index in [9.17, 15) is 14.5 Å². The predicted molar refractivity (Wildman–Crippen MR) is 59.0 cm³/mol. The second kappa shape index (κ2) is 6.27. The van der Waals surface area contributed by atoms with Crippen LogP contribution >= 0.6 is 0 Å². The molecule has 17 heavy (non-hydrogen) atoms. The molecule has 0 spiro atoms. The predicted octanol–water partition coefficient (Wildman–Crippen LogP) is 2.81. The van der Waals surface area contributed by atoms with Gasteiger partial charge in [0.15, 0.2) is 6.29 Å². The number of halogens is 1. The average molecular weight is 243 g/mol. The quantitative estimate of drug-likeness (QED) is 0.438. The number of nitrogens with zero attached hydrogens (tertiary/aromatic N) is 1.